The number of rotatable bonds is 2. The van der Waals surface area contributed by atoms with Gasteiger partial charge in [0.25, 0.3) is 0 Å². The van der Waals surface area contributed by atoms with E-state index >= 15 is 0 Å². The van der Waals surface area contributed by atoms with Crippen molar-refractivity contribution in [2.24, 2.45) is 5.10 Å². The number of hydrazone groups is 1. The Kier molecular flexibility index (Phi) is 3.29. The highest BCUT2D eigenvalue weighted by molar-refractivity contribution is 9.10. The third-order valence-corrected chi connectivity index (χ3v) is 1.78. The van der Waals surface area contributed by atoms with Crippen LogP contribution in [-0.2, 0) is 0 Å². The maximum atomic E-state index is 4.12. The number of hydrogen-bond acceptors (Lipinski definition) is 2. The van der Waals surface area contributed by atoms with Crippen molar-refractivity contribution in [3.63, 3.8) is 0 Å². The van der Waals surface area contributed by atoms with Crippen molar-refractivity contribution in [1.29, 1.82) is 0 Å². The fourth-order valence-electron chi connectivity index (χ4n) is 0.769. The molecule has 0 aromatic heterocycles. The maximum Gasteiger partial charge on any atom is 0.0543 e. The molecule has 0 unspecified atom stereocenters. The quantitative estimate of drug-likeness (QED) is 0.559. The van der Waals surface area contributed by atoms with Gasteiger partial charge in [-0.05, 0) is 17.7 Å². The average Bonchev–Trinajstić information content (AvgIpc) is 2.01. The van der Waals surface area contributed by atoms with Gasteiger partial charge in [-0.1, -0.05) is 28.1 Å². The third kappa shape index (κ3) is 3.05. The highest BCUT2D eigenvalue weighted by Gasteiger charge is 1.88. The van der Waals surface area contributed by atoms with Crippen LogP contribution in [0.4, 0.5) is 0 Å². The molecular formula is C9H11BrN2. The van der Waals surface area contributed by atoms with Crippen molar-refractivity contribution in [3.05, 3.63) is 34.3 Å². The van der Waals surface area contributed by atoms with Crippen LogP contribution in [0.1, 0.15) is 5.56 Å². The SMILES string of the molecule is CN(C)/N=C/c1cccc(Br)c1. The molecule has 3 heteroatoms. The molecule has 0 saturated heterocycles. The molecule has 0 N–H and O–H groups in total. The molecule has 1 aromatic rings. The summed E-state index contributed by atoms with van der Waals surface area (Å²) in [7, 11) is 3.79. The van der Waals surface area contributed by atoms with E-state index in [4.69, 9.17) is 0 Å². The summed E-state index contributed by atoms with van der Waals surface area (Å²) in [6, 6.07) is 8.01. The van der Waals surface area contributed by atoms with E-state index < -0.39 is 0 Å². The minimum absolute atomic E-state index is 1.07. The Morgan fingerprint density at radius 1 is 1.42 bits per heavy atom. The Labute approximate surface area is 81.0 Å². The molecule has 0 aliphatic carbocycles. The zero-order valence-electron chi connectivity index (χ0n) is 7.16. The Hall–Kier alpha value is -0.830. The average molecular weight is 227 g/mol. The van der Waals surface area contributed by atoms with Gasteiger partial charge in [0.05, 0.1) is 6.21 Å². The van der Waals surface area contributed by atoms with Crippen molar-refractivity contribution in [2.45, 2.75) is 0 Å². The van der Waals surface area contributed by atoms with Crippen LogP contribution < -0.4 is 0 Å². The van der Waals surface area contributed by atoms with Gasteiger partial charge in [0.1, 0.15) is 0 Å². The van der Waals surface area contributed by atoms with E-state index in [2.05, 4.69) is 21.0 Å². The predicted molar refractivity (Wildman–Crippen MR) is 55.4 cm³/mol. The summed E-state index contributed by atoms with van der Waals surface area (Å²) < 4.78 is 1.07. The summed E-state index contributed by atoms with van der Waals surface area (Å²) in [5.41, 5.74) is 1.10. The van der Waals surface area contributed by atoms with Gasteiger partial charge < -0.3 is 5.01 Å². The number of halogens is 1. The van der Waals surface area contributed by atoms with Gasteiger partial charge in [0.15, 0.2) is 0 Å². The summed E-state index contributed by atoms with van der Waals surface area (Å²) >= 11 is 3.39. The van der Waals surface area contributed by atoms with Crippen LogP contribution in [-0.4, -0.2) is 25.3 Å². The van der Waals surface area contributed by atoms with Crippen LogP contribution in [0.15, 0.2) is 33.8 Å². The van der Waals surface area contributed by atoms with E-state index in [1.54, 1.807) is 5.01 Å². The summed E-state index contributed by atoms with van der Waals surface area (Å²) in [5.74, 6) is 0. The first-order valence-corrected chi connectivity index (χ1v) is 4.44. The molecule has 0 saturated carbocycles. The summed E-state index contributed by atoms with van der Waals surface area (Å²) in [4.78, 5) is 0. The summed E-state index contributed by atoms with van der Waals surface area (Å²) in [6.45, 7) is 0. The van der Waals surface area contributed by atoms with Crippen molar-refractivity contribution in [3.8, 4) is 0 Å². The van der Waals surface area contributed by atoms with E-state index in [0.29, 0.717) is 0 Å². The lowest BCUT2D eigenvalue weighted by molar-refractivity contribution is 0.440. The Bertz CT molecular complexity index is 282. The third-order valence-electron chi connectivity index (χ3n) is 1.29. The van der Waals surface area contributed by atoms with Gasteiger partial charge in [-0.2, -0.15) is 5.10 Å². The van der Waals surface area contributed by atoms with Crippen LogP contribution >= 0.6 is 15.9 Å². The molecule has 1 rings (SSSR count). The molecule has 2 nitrogen and oxygen atoms in total. The Balaban J connectivity index is 2.76. The molecule has 0 heterocycles. The number of nitrogens with zero attached hydrogens (tertiary/aromatic N) is 2. The molecule has 0 atom stereocenters. The largest absolute Gasteiger partial charge is 0.303 e. The van der Waals surface area contributed by atoms with Gasteiger partial charge in [0.2, 0.25) is 0 Å². The monoisotopic (exact) mass is 226 g/mol. The van der Waals surface area contributed by atoms with Crippen molar-refractivity contribution in [1.82, 2.24) is 5.01 Å². The molecular weight excluding hydrogens is 216 g/mol. The van der Waals surface area contributed by atoms with Crippen molar-refractivity contribution >= 4 is 22.1 Å². The van der Waals surface area contributed by atoms with Crippen LogP contribution in [0.2, 0.25) is 0 Å². The molecule has 0 radical (unpaired) electrons. The van der Waals surface area contributed by atoms with Gasteiger partial charge in [-0.3, -0.25) is 0 Å². The molecule has 0 spiro atoms. The van der Waals surface area contributed by atoms with Gasteiger partial charge >= 0.3 is 0 Å². The first-order valence-electron chi connectivity index (χ1n) is 3.65. The zero-order valence-corrected chi connectivity index (χ0v) is 8.75. The molecule has 0 aliphatic heterocycles. The van der Waals surface area contributed by atoms with E-state index in [1.807, 2.05) is 44.6 Å². The van der Waals surface area contributed by atoms with Crippen LogP contribution in [0.5, 0.6) is 0 Å². The second-order valence-electron chi connectivity index (χ2n) is 2.65. The van der Waals surface area contributed by atoms with E-state index in [-0.39, 0.29) is 0 Å². The topological polar surface area (TPSA) is 15.6 Å². The van der Waals surface area contributed by atoms with Crippen LogP contribution in [0.25, 0.3) is 0 Å². The maximum absolute atomic E-state index is 4.12. The summed E-state index contributed by atoms with van der Waals surface area (Å²) in [5, 5.41) is 5.89. The second kappa shape index (κ2) is 4.26. The highest BCUT2D eigenvalue weighted by atomic mass is 79.9. The first-order chi connectivity index (χ1) is 5.68. The number of benzene rings is 1. The van der Waals surface area contributed by atoms with E-state index in [1.165, 1.54) is 0 Å². The molecule has 0 aliphatic rings. The normalized spacial score (nSPS) is 10.6. The molecule has 12 heavy (non-hydrogen) atoms. The number of hydrogen-bond donors (Lipinski definition) is 0. The Morgan fingerprint density at radius 3 is 2.75 bits per heavy atom. The van der Waals surface area contributed by atoms with Crippen molar-refractivity contribution in [2.75, 3.05) is 14.1 Å². The standard InChI is InChI=1S/C9H11BrN2/c1-12(2)11-7-8-4-3-5-9(10)6-8/h3-7H,1-2H3/b11-7+. The first kappa shape index (κ1) is 9.26. The zero-order chi connectivity index (χ0) is 8.97. The minimum Gasteiger partial charge on any atom is -0.303 e. The van der Waals surface area contributed by atoms with Crippen LogP contribution in [0, 0.1) is 0 Å². The molecule has 0 bridgehead atoms. The predicted octanol–water partition coefficient (Wildman–Crippen LogP) is 2.34. The lowest BCUT2D eigenvalue weighted by atomic mass is 10.2. The van der Waals surface area contributed by atoms with E-state index in [9.17, 15) is 0 Å². The fraction of sp³-hybridized carbons (Fsp3) is 0.222. The lowest BCUT2D eigenvalue weighted by Crippen LogP contribution is -2.01. The lowest BCUT2D eigenvalue weighted by Gasteiger charge is -2.02. The van der Waals surface area contributed by atoms with Crippen molar-refractivity contribution < 1.29 is 0 Å². The van der Waals surface area contributed by atoms with Crippen LogP contribution in [0.3, 0.4) is 0 Å². The summed E-state index contributed by atoms with van der Waals surface area (Å²) in [6.07, 6.45) is 1.82. The minimum atomic E-state index is 1.07. The Morgan fingerprint density at radius 2 is 2.17 bits per heavy atom. The van der Waals surface area contributed by atoms with Gasteiger partial charge in [-0.25, -0.2) is 0 Å². The van der Waals surface area contributed by atoms with Gasteiger partial charge in [0, 0.05) is 18.6 Å². The molecule has 1 aromatic carbocycles. The van der Waals surface area contributed by atoms with E-state index in [0.717, 1.165) is 10.0 Å². The van der Waals surface area contributed by atoms with Gasteiger partial charge in [-0.15, -0.1) is 0 Å². The highest BCUT2D eigenvalue weighted by Crippen LogP contribution is 2.09. The second-order valence-corrected chi connectivity index (χ2v) is 3.56. The smallest absolute Gasteiger partial charge is 0.0543 e. The molecule has 0 fully saturated rings. The molecule has 64 valence electrons. The molecule has 0 amide bonds. The fourth-order valence-corrected chi connectivity index (χ4v) is 1.19.